The molecule has 0 spiro atoms. The number of thioether (sulfide) groups is 1. The molecule has 2 aromatic carbocycles. The predicted octanol–water partition coefficient (Wildman–Crippen LogP) is 5.09. The van der Waals surface area contributed by atoms with Crippen LogP contribution in [0.15, 0.2) is 47.4 Å². The van der Waals surface area contributed by atoms with Gasteiger partial charge in [-0.05, 0) is 43.0 Å². The molecule has 0 unspecified atom stereocenters. The van der Waals surface area contributed by atoms with Crippen LogP contribution in [0.4, 0.5) is 17.1 Å². The van der Waals surface area contributed by atoms with Crippen molar-refractivity contribution < 1.29 is 9.72 Å². The van der Waals surface area contributed by atoms with Gasteiger partial charge in [-0.3, -0.25) is 14.9 Å². The molecule has 1 amide bonds. The van der Waals surface area contributed by atoms with E-state index in [0.717, 1.165) is 30.8 Å². The number of nitro groups is 1. The second-order valence-corrected chi connectivity index (χ2v) is 8.47. The minimum Gasteiger partial charge on any atom is -0.366 e. The van der Waals surface area contributed by atoms with Crippen LogP contribution in [0.25, 0.3) is 0 Å². The summed E-state index contributed by atoms with van der Waals surface area (Å²) >= 11 is 1.49. The number of para-hydroxylation sites is 1. The number of nitriles is 1. The Morgan fingerprint density at radius 2 is 2.03 bits per heavy atom. The van der Waals surface area contributed by atoms with Gasteiger partial charge in [-0.15, -0.1) is 11.8 Å². The highest BCUT2D eigenvalue weighted by Crippen LogP contribution is 2.33. The average Bonchev–Trinajstić information content (AvgIpc) is 2.75. The number of piperidine rings is 1. The summed E-state index contributed by atoms with van der Waals surface area (Å²) in [6.07, 6.45) is 2.41. The maximum absolute atomic E-state index is 12.8. The number of carbonyl (C=O) groups excluding carboxylic acids is 1. The van der Waals surface area contributed by atoms with E-state index in [9.17, 15) is 14.9 Å². The molecule has 2 aromatic rings. The Morgan fingerprint density at radius 3 is 2.73 bits per heavy atom. The van der Waals surface area contributed by atoms with Crippen LogP contribution in [-0.2, 0) is 0 Å². The molecule has 0 atom stereocenters. The van der Waals surface area contributed by atoms with Crippen LogP contribution in [0.5, 0.6) is 0 Å². The Hall–Kier alpha value is -3.05. The summed E-state index contributed by atoms with van der Waals surface area (Å²) in [6, 6.07) is 14.1. The van der Waals surface area contributed by atoms with E-state index in [0.29, 0.717) is 29.5 Å². The quantitative estimate of drug-likeness (QED) is 0.288. The van der Waals surface area contributed by atoms with Crippen LogP contribution >= 0.6 is 11.8 Å². The van der Waals surface area contributed by atoms with Gasteiger partial charge in [0, 0.05) is 41.8 Å². The van der Waals surface area contributed by atoms with Crippen molar-refractivity contribution in [1.29, 1.82) is 5.26 Å². The topological polar surface area (TPSA) is 99.3 Å². The lowest BCUT2D eigenvalue weighted by Gasteiger charge is -2.31. The molecule has 1 saturated heterocycles. The van der Waals surface area contributed by atoms with Crippen molar-refractivity contribution >= 4 is 34.7 Å². The summed E-state index contributed by atoms with van der Waals surface area (Å²) in [5.74, 6) is 0.847. The third kappa shape index (κ3) is 5.30. The van der Waals surface area contributed by atoms with E-state index in [-0.39, 0.29) is 11.3 Å². The molecule has 156 valence electrons. The second-order valence-electron chi connectivity index (χ2n) is 7.34. The number of nitro benzene ring substituents is 1. The highest BCUT2D eigenvalue weighted by molar-refractivity contribution is 7.99. The predicted molar refractivity (Wildman–Crippen MR) is 119 cm³/mol. The van der Waals surface area contributed by atoms with E-state index in [1.54, 1.807) is 18.2 Å². The lowest BCUT2D eigenvalue weighted by molar-refractivity contribution is -0.384. The standard InChI is InChI=1S/C22H24N4O3S/c1-16-9-12-25(13-10-16)19-8-7-17(15-20(19)26(28)29)22(27)24-18-5-2-3-6-21(18)30-14-4-11-23/h2-3,5-8,15-16H,4,9-10,12-14H2,1H3,(H,24,27). The first-order valence-corrected chi connectivity index (χ1v) is 10.9. The van der Waals surface area contributed by atoms with E-state index in [4.69, 9.17) is 5.26 Å². The Balaban J connectivity index is 1.79. The van der Waals surface area contributed by atoms with Gasteiger partial charge in [0.25, 0.3) is 11.6 Å². The number of carbonyl (C=O) groups is 1. The van der Waals surface area contributed by atoms with Crippen molar-refractivity contribution in [2.24, 2.45) is 5.92 Å². The largest absolute Gasteiger partial charge is 0.366 e. The summed E-state index contributed by atoms with van der Waals surface area (Å²) in [5.41, 5.74) is 1.39. The molecule has 0 aliphatic carbocycles. The molecule has 1 N–H and O–H groups in total. The number of nitrogens with zero attached hydrogens (tertiary/aromatic N) is 3. The summed E-state index contributed by atoms with van der Waals surface area (Å²) in [5, 5.41) is 23.2. The van der Waals surface area contributed by atoms with Gasteiger partial charge >= 0.3 is 0 Å². The summed E-state index contributed by atoms with van der Waals surface area (Å²) < 4.78 is 0. The van der Waals surface area contributed by atoms with Crippen molar-refractivity contribution in [2.75, 3.05) is 29.1 Å². The fraction of sp³-hybridized carbons (Fsp3) is 0.364. The van der Waals surface area contributed by atoms with Crippen LogP contribution in [-0.4, -0.2) is 29.7 Å². The SMILES string of the molecule is CC1CCN(c2ccc(C(=O)Nc3ccccc3SCCC#N)cc2[N+](=O)[O-])CC1. The zero-order valence-corrected chi connectivity index (χ0v) is 17.7. The molecular formula is C22H24N4O3S. The Kier molecular flexibility index (Phi) is 7.31. The van der Waals surface area contributed by atoms with Crippen molar-refractivity contribution in [3.63, 3.8) is 0 Å². The van der Waals surface area contributed by atoms with Gasteiger partial charge in [-0.25, -0.2) is 0 Å². The third-order valence-corrected chi connectivity index (χ3v) is 6.24. The van der Waals surface area contributed by atoms with Crippen molar-refractivity contribution in [3.8, 4) is 6.07 Å². The minimum absolute atomic E-state index is 0.0473. The summed E-state index contributed by atoms with van der Waals surface area (Å²) in [4.78, 5) is 26.9. The molecule has 8 heteroatoms. The normalized spacial score (nSPS) is 14.2. The summed E-state index contributed by atoms with van der Waals surface area (Å²) in [7, 11) is 0. The number of nitrogens with one attached hydrogen (secondary N) is 1. The van der Waals surface area contributed by atoms with Crippen molar-refractivity contribution in [1.82, 2.24) is 0 Å². The number of benzene rings is 2. The van der Waals surface area contributed by atoms with Gasteiger partial charge in [0.2, 0.25) is 0 Å². The summed E-state index contributed by atoms with van der Waals surface area (Å²) in [6.45, 7) is 3.75. The first-order valence-electron chi connectivity index (χ1n) is 9.93. The van der Waals surface area contributed by atoms with Crippen LogP contribution in [0.3, 0.4) is 0 Å². The second kappa shape index (κ2) is 10.1. The molecule has 1 fully saturated rings. The number of hydrogen-bond donors (Lipinski definition) is 1. The van der Waals surface area contributed by atoms with Gasteiger partial charge in [0.1, 0.15) is 5.69 Å². The highest BCUT2D eigenvalue weighted by Gasteiger charge is 2.25. The highest BCUT2D eigenvalue weighted by atomic mass is 32.2. The van der Waals surface area contributed by atoms with Gasteiger partial charge in [-0.2, -0.15) is 5.26 Å². The van der Waals surface area contributed by atoms with Crippen LogP contribution < -0.4 is 10.2 Å². The van der Waals surface area contributed by atoms with Gasteiger partial charge in [0.15, 0.2) is 0 Å². The van der Waals surface area contributed by atoms with E-state index >= 15 is 0 Å². The van der Waals surface area contributed by atoms with Gasteiger partial charge < -0.3 is 10.2 Å². The first-order chi connectivity index (χ1) is 14.5. The molecule has 3 rings (SSSR count). The minimum atomic E-state index is -0.421. The molecule has 7 nitrogen and oxygen atoms in total. The molecule has 0 aromatic heterocycles. The Bertz CT molecular complexity index is 965. The van der Waals surface area contributed by atoms with E-state index in [2.05, 4.69) is 18.3 Å². The first kappa shape index (κ1) is 21.7. The van der Waals surface area contributed by atoms with Gasteiger partial charge in [-0.1, -0.05) is 19.1 Å². The Morgan fingerprint density at radius 1 is 1.30 bits per heavy atom. The van der Waals surface area contributed by atoms with Crippen LogP contribution in [0.2, 0.25) is 0 Å². The molecular weight excluding hydrogens is 400 g/mol. The lowest BCUT2D eigenvalue weighted by Crippen LogP contribution is -2.33. The van der Waals surface area contributed by atoms with E-state index < -0.39 is 10.8 Å². The molecule has 1 heterocycles. The molecule has 0 bridgehead atoms. The van der Waals surface area contributed by atoms with E-state index in [1.165, 1.54) is 17.8 Å². The zero-order valence-electron chi connectivity index (χ0n) is 16.8. The van der Waals surface area contributed by atoms with Crippen LogP contribution in [0, 0.1) is 27.4 Å². The number of hydrogen-bond acceptors (Lipinski definition) is 6. The Labute approximate surface area is 180 Å². The van der Waals surface area contributed by atoms with Crippen LogP contribution in [0.1, 0.15) is 36.5 Å². The molecule has 1 aliphatic rings. The number of amides is 1. The maximum Gasteiger partial charge on any atom is 0.293 e. The molecule has 1 aliphatic heterocycles. The maximum atomic E-state index is 12.8. The third-order valence-electron chi connectivity index (χ3n) is 5.17. The smallest absolute Gasteiger partial charge is 0.293 e. The number of anilines is 2. The van der Waals surface area contributed by atoms with Crippen molar-refractivity contribution in [2.45, 2.75) is 31.1 Å². The zero-order chi connectivity index (χ0) is 21.5. The lowest BCUT2D eigenvalue weighted by atomic mass is 9.98. The monoisotopic (exact) mass is 424 g/mol. The molecule has 0 radical (unpaired) electrons. The molecule has 0 saturated carbocycles. The van der Waals surface area contributed by atoms with E-state index in [1.807, 2.05) is 23.1 Å². The molecule has 30 heavy (non-hydrogen) atoms. The van der Waals surface area contributed by atoms with Gasteiger partial charge in [0.05, 0.1) is 16.7 Å². The van der Waals surface area contributed by atoms with Crippen molar-refractivity contribution in [3.05, 3.63) is 58.1 Å². The number of rotatable bonds is 7. The average molecular weight is 425 g/mol. The fourth-order valence-corrected chi connectivity index (χ4v) is 4.29. The fourth-order valence-electron chi connectivity index (χ4n) is 3.42.